The van der Waals surface area contributed by atoms with Gasteiger partial charge in [0.1, 0.15) is 0 Å². The zero-order chi connectivity index (χ0) is 12.7. The monoisotopic (exact) mass is 256 g/mol. The highest BCUT2D eigenvalue weighted by Gasteiger charge is 2.34. The van der Waals surface area contributed by atoms with E-state index in [0.717, 1.165) is 25.5 Å². The van der Waals surface area contributed by atoms with Gasteiger partial charge in [0.15, 0.2) is 5.78 Å². The van der Waals surface area contributed by atoms with Crippen molar-refractivity contribution < 1.29 is 14.0 Å². The van der Waals surface area contributed by atoms with Gasteiger partial charge in [-0.1, -0.05) is 26.8 Å². The maximum absolute atomic E-state index is 11.7. The molecule has 98 valence electrons. The maximum atomic E-state index is 11.7. The Labute approximate surface area is 106 Å². The van der Waals surface area contributed by atoms with E-state index in [0.29, 0.717) is 6.61 Å². The first-order chi connectivity index (χ1) is 8.20. The minimum absolute atomic E-state index is 0.0146. The van der Waals surface area contributed by atoms with E-state index in [2.05, 4.69) is 13.5 Å². The van der Waals surface area contributed by atoms with Crippen molar-refractivity contribution in [3.63, 3.8) is 0 Å². The molecule has 0 saturated carbocycles. The second-order valence-corrected chi connectivity index (χ2v) is 7.28. The Morgan fingerprint density at radius 3 is 2.88 bits per heavy atom. The van der Waals surface area contributed by atoms with Crippen LogP contribution in [-0.2, 0) is 14.0 Å². The fraction of sp³-hybridized carbons (Fsp3) is 0.769. The van der Waals surface area contributed by atoms with Crippen LogP contribution in [0.4, 0.5) is 0 Å². The molecule has 3 nitrogen and oxygen atoms in total. The highest BCUT2D eigenvalue weighted by Crippen LogP contribution is 2.21. The number of carbonyl (C=O) groups excluding carboxylic acids is 1. The van der Waals surface area contributed by atoms with E-state index in [1.54, 1.807) is 0 Å². The van der Waals surface area contributed by atoms with Crippen LogP contribution in [0.25, 0.3) is 0 Å². The second-order valence-electron chi connectivity index (χ2n) is 4.64. The van der Waals surface area contributed by atoms with E-state index in [4.69, 9.17) is 9.16 Å². The SMILES string of the molecule is C=CC(=O)C(C)C(OCCC)[SiH]1CCCCO1. The smallest absolute Gasteiger partial charge is 0.206 e. The van der Waals surface area contributed by atoms with E-state index in [-0.39, 0.29) is 17.4 Å². The Kier molecular flexibility index (Phi) is 6.70. The molecule has 0 aliphatic carbocycles. The van der Waals surface area contributed by atoms with Crippen molar-refractivity contribution in [1.29, 1.82) is 0 Å². The van der Waals surface area contributed by atoms with Gasteiger partial charge in [-0.2, -0.15) is 0 Å². The summed E-state index contributed by atoms with van der Waals surface area (Å²) in [5.74, 6) is -0.0263. The van der Waals surface area contributed by atoms with E-state index in [1.165, 1.54) is 12.5 Å². The van der Waals surface area contributed by atoms with E-state index < -0.39 is 9.04 Å². The molecule has 1 saturated heterocycles. The quantitative estimate of drug-likeness (QED) is 0.518. The number of carbonyl (C=O) groups is 1. The summed E-state index contributed by atoms with van der Waals surface area (Å²) in [4.78, 5) is 11.7. The Hall–Kier alpha value is -0.453. The molecule has 1 heterocycles. The molecule has 1 aliphatic heterocycles. The van der Waals surface area contributed by atoms with Gasteiger partial charge in [-0.3, -0.25) is 4.79 Å². The zero-order valence-corrected chi connectivity index (χ0v) is 12.1. The van der Waals surface area contributed by atoms with Gasteiger partial charge in [0, 0.05) is 19.1 Å². The average molecular weight is 256 g/mol. The van der Waals surface area contributed by atoms with Crippen LogP contribution in [0.15, 0.2) is 12.7 Å². The number of hydrogen-bond donors (Lipinski definition) is 0. The lowest BCUT2D eigenvalue weighted by atomic mass is 10.1. The normalized spacial score (nSPS) is 24.0. The molecule has 4 heteroatoms. The number of hydrogen-bond acceptors (Lipinski definition) is 3. The van der Waals surface area contributed by atoms with Crippen LogP contribution < -0.4 is 0 Å². The standard InChI is InChI=1S/C13H24O3Si/c1-4-8-15-13(11(3)12(14)5-2)17-10-7-6-9-16-17/h5,11,13,17H,2,4,6-10H2,1,3H3. The van der Waals surface area contributed by atoms with Gasteiger partial charge in [-0.15, -0.1) is 0 Å². The third kappa shape index (κ3) is 4.37. The third-order valence-corrected chi connectivity index (χ3v) is 6.38. The van der Waals surface area contributed by atoms with Gasteiger partial charge in [-0.05, 0) is 25.0 Å². The Balaban J connectivity index is 2.63. The van der Waals surface area contributed by atoms with Crippen LogP contribution in [0.3, 0.4) is 0 Å². The molecular weight excluding hydrogens is 232 g/mol. The molecule has 0 aromatic rings. The van der Waals surface area contributed by atoms with Crippen LogP contribution in [0.2, 0.25) is 6.04 Å². The molecule has 1 rings (SSSR count). The Morgan fingerprint density at radius 2 is 2.35 bits per heavy atom. The van der Waals surface area contributed by atoms with Gasteiger partial charge in [-0.25, -0.2) is 0 Å². The summed E-state index contributed by atoms with van der Waals surface area (Å²) in [6.45, 7) is 9.14. The van der Waals surface area contributed by atoms with Gasteiger partial charge in [0.05, 0.1) is 5.73 Å². The highest BCUT2D eigenvalue weighted by atomic mass is 28.3. The summed E-state index contributed by atoms with van der Waals surface area (Å²) in [5.41, 5.74) is 0.0146. The molecule has 17 heavy (non-hydrogen) atoms. The summed E-state index contributed by atoms with van der Waals surface area (Å²) >= 11 is 0. The molecule has 3 atom stereocenters. The summed E-state index contributed by atoms with van der Waals surface area (Å²) in [6, 6.07) is 1.13. The fourth-order valence-electron chi connectivity index (χ4n) is 2.20. The summed E-state index contributed by atoms with van der Waals surface area (Å²) in [5, 5.41) is 0. The van der Waals surface area contributed by atoms with Gasteiger partial charge in [0.25, 0.3) is 0 Å². The van der Waals surface area contributed by atoms with Crippen LogP contribution in [0.1, 0.15) is 33.1 Å². The molecule has 0 radical (unpaired) electrons. The average Bonchev–Trinajstić information content (AvgIpc) is 2.39. The lowest BCUT2D eigenvalue weighted by Gasteiger charge is -2.32. The first kappa shape index (κ1) is 14.6. The van der Waals surface area contributed by atoms with Crippen LogP contribution >= 0.6 is 0 Å². The largest absolute Gasteiger partial charge is 0.417 e. The maximum Gasteiger partial charge on any atom is 0.206 e. The molecule has 0 amide bonds. The Morgan fingerprint density at radius 1 is 1.59 bits per heavy atom. The number of ether oxygens (including phenoxy) is 1. The molecule has 0 aromatic heterocycles. The van der Waals surface area contributed by atoms with Crippen LogP contribution in [0.5, 0.6) is 0 Å². The van der Waals surface area contributed by atoms with Crippen molar-refractivity contribution in [2.75, 3.05) is 13.2 Å². The minimum Gasteiger partial charge on any atom is -0.417 e. The first-order valence-corrected chi connectivity index (χ1v) is 8.55. The molecule has 0 bridgehead atoms. The molecular formula is C13H24O3Si. The highest BCUT2D eigenvalue weighted by molar-refractivity contribution is 6.54. The molecule has 0 aromatic carbocycles. The molecule has 1 aliphatic rings. The second kappa shape index (κ2) is 7.79. The Bertz CT molecular complexity index is 249. The van der Waals surface area contributed by atoms with E-state index in [9.17, 15) is 4.79 Å². The summed E-state index contributed by atoms with van der Waals surface area (Å²) in [6.07, 6.45) is 4.75. The molecule has 3 unspecified atom stereocenters. The van der Waals surface area contributed by atoms with Gasteiger partial charge in [0.2, 0.25) is 9.04 Å². The van der Waals surface area contributed by atoms with Crippen molar-refractivity contribution in [2.45, 2.75) is 44.9 Å². The first-order valence-electron chi connectivity index (χ1n) is 6.60. The van der Waals surface area contributed by atoms with Crippen molar-refractivity contribution in [1.82, 2.24) is 0 Å². The summed E-state index contributed by atoms with van der Waals surface area (Å²) in [7, 11) is -1.39. The molecule has 1 fully saturated rings. The number of rotatable bonds is 7. The zero-order valence-electron chi connectivity index (χ0n) is 11.0. The van der Waals surface area contributed by atoms with Crippen molar-refractivity contribution in [3.8, 4) is 0 Å². The lowest BCUT2D eigenvalue weighted by molar-refractivity contribution is -0.120. The van der Waals surface area contributed by atoms with Crippen molar-refractivity contribution in [3.05, 3.63) is 12.7 Å². The van der Waals surface area contributed by atoms with Gasteiger partial charge >= 0.3 is 0 Å². The number of allylic oxidation sites excluding steroid dienone is 1. The molecule has 0 spiro atoms. The predicted molar refractivity (Wildman–Crippen MR) is 71.5 cm³/mol. The van der Waals surface area contributed by atoms with Crippen LogP contribution in [-0.4, -0.2) is 33.8 Å². The van der Waals surface area contributed by atoms with Crippen LogP contribution in [0, 0.1) is 5.92 Å². The summed E-state index contributed by atoms with van der Waals surface area (Å²) < 4.78 is 11.8. The predicted octanol–water partition coefficient (Wildman–Crippen LogP) is 2.25. The van der Waals surface area contributed by atoms with Crippen molar-refractivity contribution >= 4 is 14.8 Å². The van der Waals surface area contributed by atoms with E-state index >= 15 is 0 Å². The topological polar surface area (TPSA) is 35.5 Å². The van der Waals surface area contributed by atoms with Crippen molar-refractivity contribution in [2.24, 2.45) is 5.92 Å². The fourth-order valence-corrected chi connectivity index (χ4v) is 5.23. The third-order valence-electron chi connectivity index (χ3n) is 3.24. The number of ketones is 1. The van der Waals surface area contributed by atoms with E-state index in [1.807, 2.05) is 6.92 Å². The lowest BCUT2D eigenvalue weighted by Crippen LogP contribution is -2.45. The van der Waals surface area contributed by atoms with Gasteiger partial charge < -0.3 is 9.16 Å². The minimum atomic E-state index is -1.39. The molecule has 0 N–H and O–H groups in total.